The third kappa shape index (κ3) is 3.85. The summed E-state index contributed by atoms with van der Waals surface area (Å²) in [6.45, 7) is 3.62. The highest BCUT2D eigenvalue weighted by Gasteiger charge is 2.25. The molecule has 1 nitrogen and oxygen atoms in total. The van der Waals surface area contributed by atoms with Crippen molar-refractivity contribution >= 4 is 5.78 Å². The molecule has 2 rings (SSSR count). The molecule has 1 heteroatoms. The predicted octanol–water partition coefficient (Wildman–Crippen LogP) is 4.60. The molecule has 108 valence electrons. The summed E-state index contributed by atoms with van der Waals surface area (Å²) in [7, 11) is 0. The molecule has 2 aromatic rings. The summed E-state index contributed by atoms with van der Waals surface area (Å²) in [4.78, 5) is 10.9. The molecule has 0 atom stereocenters. The maximum Gasteiger partial charge on any atom is 0.160 e. The van der Waals surface area contributed by atoms with Crippen molar-refractivity contribution < 1.29 is 4.79 Å². The number of allylic oxidation sites excluding steroid dienone is 2. The first kappa shape index (κ1) is 15.6. The van der Waals surface area contributed by atoms with E-state index < -0.39 is 0 Å². The predicted molar refractivity (Wildman–Crippen MR) is 89.7 cm³/mol. The van der Waals surface area contributed by atoms with E-state index >= 15 is 0 Å². The van der Waals surface area contributed by atoms with Gasteiger partial charge in [0.15, 0.2) is 5.78 Å². The van der Waals surface area contributed by atoms with Crippen LogP contribution in [-0.2, 0) is 10.2 Å². The van der Waals surface area contributed by atoms with Gasteiger partial charge in [-0.25, -0.2) is 0 Å². The van der Waals surface area contributed by atoms with Gasteiger partial charge in [0.05, 0.1) is 0 Å². The van der Waals surface area contributed by atoms with Crippen molar-refractivity contribution in [2.24, 2.45) is 0 Å². The van der Waals surface area contributed by atoms with Gasteiger partial charge in [-0.3, -0.25) is 4.79 Å². The van der Waals surface area contributed by atoms with E-state index in [9.17, 15) is 4.79 Å². The van der Waals surface area contributed by atoms with Gasteiger partial charge in [0, 0.05) is 11.5 Å². The maximum absolute atomic E-state index is 10.9. The average molecular weight is 286 g/mol. The van der Waals surface area contributed by atoms with Crippen LogP contribution in [0.4, 0.5) is 0 Å². The molecule has 0 heterocycles. The van der Waals surface area contributed by atoms with Crippen molar-refractivity contribution in [2.45, 2.75) is 19.3 Å². The topological polar surface area (TPSA) is 17.1 Å². The van der Waals surface area contributed by atoms with E-state index in [4.69, 9.17) is 0 Å². The zero-order chi connectivity index (χ0) is 15.8. The zero-order valence-corrected chi connectivity index (χ0v) is 12.8. The quantitative estimate of drug-likeness (QED) is 0.593. The Morgan fingerprint density at radius 1 is 0.909 bits per heavy atom. The van der Waals surface area contributed by atoms with Crippen LogP contribution in [0, 0.1) is 0 Å². The molecule has 0 aromatic heterocycles. The molecule has 0 amide bonds. The number of benzene rings is 2. The van der Waals surface area contributed by atoms with Gasteiger partial charge in [-0.2, -0.15) is 0 Å². The minimum absolute atomic E-state index is 0.0526. The SMILES string of the molecule is CC(=O)C=C=C=C=CC(C)(c1ccccc1)c1ccccc1. The number of hydrogen-bond donors (Lipinski definition) is 0. The van der Waals surface area contributed by atoms with E-state index in [1.54, 1.807) is 0 Å². The van der Waals surface area contributed by atoms with Gasteiger partial charge >= 0.3 is 0 Å². The van der Waals surface area contributed by atoms with E-state index in [2.05, 4.69) is 48.4 Å². The monoisotopic (exact) mass is 286 g/mol. The molecule has 0 N–H and O–H groups in total. The summed E-state index contributed by atoms with van der Waals surface area (Å²) in [5, 5.41) is 0. The van der Waals surface area contributed by atoms with Gasteiger partial charge in [0.2, 0.25) is 0 Å². The van der Waals surface area contributed by atoms with E-state index in [0.29, 0.717) is 0 Å². The smallest absolute Gasteiger partial charge is 0.160 e. The number of rotatable bonds is 4. The molecule has 0 saturated carbocycles. The lowest BCUT2D eigenvalue weighted by Gasteiger charge is -2.26. The van der Waals surface area contributed by atoms with Crippen LogP contribution in [0.1, 0.15) is 25.0 Å². The Kier molecular flexibility index (Phi) is 5.15. The van der Waals surface area contributed by atoms with Gasteiger partial charge in [-0.15, -0.1) is 0 Å². The summed E-state index contributed by atoms with van der Waals surface area (Å²) in [6.07, 6.45) is 3.31. The number of ketones is 1. The first-order chi connectivity index (χ1) is 10.6. The van der Waals surface area contributed by atoms with Gasteiger partial charge in [0.1, 0.15) is 0 Å². The van der Waals surface area contributed by atoms with Crippen molar-refractivity contribution in [3.8, 4) is 0 Å². The highest BCUT2D eigenvalue weighted by atomic mass is 16.1. The van der Waals surface area contributed by atoms with E-state index in [1.165, 1.54) is 24.1 Å². The van der Waals surface area contributed by atoms with Crippen LogP contribution < -0.4 is 0 Å². The third-order valence-electron chi connectivity index (χ3n) is 3.53. The highest BCUT2D eigenvalue weighted by Crippen LogP contribution is 2.32. The fourth-order valence-corrected chi connectivity index (χ4v) is 2.26. The Balaban J connectivity index is 2.55. The first-order valence-electron chi connectivity index (χ1n) is 7.18. The van der Waals surface area contributed by atoms with Gasteiger partial charge in [-0.05, 0) is 36.8 Å². The summed E-state index contributed by atoms with van der Waals surface area (Å²) < 4.78 is 0. The molecule has 0 radical (unpaired) electrons. The third-order valence-corrected chi connectivity index (χ3v) is 3.53. The van der Waals surface area contributed by atoms with Crippen LogP contribution in [0.2, 0.25) is 0 Å². The Bertz CT molecular complexity index is 726. The fraction of sp³-hybridized carbons (Fsp3) is 0.143. The summed E-state index contributed by atoms with van der Waals surface area (Å²) in [5.41, 5.74) is 10.5. The lowest BCUT2D eigenvalue weighted by Crippen LogP contribution is -2.20. The van der Waals surface area contributed by atoms with Crippen molar-refractivity contribution in [1.82, 2.24) is 0 Å². The summed E-state index contributed by atoms with van der Waals surface area (Å²) >= 11 is 0. The minimum Gasteiger partial charge on any atom is -0.294 e. The van der Waals surface area contributed by atoms with Gasteiger partial charge in [-0.1, -0.05) is 72.1 Å². The molecule has 0 unspecified atom stereocenters. The number of hydrogen-bond acceptors (Lipinski definition) is 1. The van der Waals surface area contributed by atoms with E-state index in [-0.39, 0.29) is 11.2 Å². The Labute approximate surface area is 131 Å². The molecule has 0 bridgehead atoms. The molecule has 0 spiro atoms. The molecular formula is C21H18O. The minimum atomic E-state index is -0.312. The molecule has 0 aliphatic heterocycles. The van der Waals surface area contributed by atoms with Crippen molar-refractivity contribution in [3.05, 3.63) is 101 Å². The van der Waals surface area contributed by atoms with Crippen molar-refractivity contribution in [2.75, 3.05) is 0 Å². The van der Waals surface area contributed by atoms with Crippen LogP contribution in [-0.4, -0.2) is 5.78 Å². The highest BCUT2D eigenvalue weighted by molar-refractivity contribution is 5.86. The van der Waals surface area contributed by atoms with Crippen LogP contribution in [0.25, 0.3) is 0 Å². The second-order valence-corrected chi connectivity index (χ2v) is 5.25. The Hall–Kier alpha value is -2.81. The van der Waals surface area contributed by atoms with E-state index in [0.717, 1.165) is 0 Å². The molecule has 0 aliphatic rings. The second kappa shape index (κ2) is 7.27. The Morgan fingerprint density at radius 2 is 1.41 bits per heavy atom. The largest absolute Gasteiger partial charge is 0.294 e. The number of carbonyl (C=O) groups excluding carboxylic acids is 1. The molecular weight excluding hydrogens is 268 g/mol. The molecule has 0 aliphatic carbocycles. The van der Waals surface area contributed by atoms with Crippen LogP contribution in [0.3, 0.4) is 0 Å². The fourth-order valence-electron chi connectivity index (χ4n) is 2.26. The second-order valence-electron chi connectivity index (χ2n) is 5.25. The van der Waals surface area contributed by atoms with Crippen LogP contribution in [0.15, 0.2) is 90.0 Å². The maximum atomic E-state index is 10.9. The van der Waals surface area contributed by atoms with Gasteiger partial charge in [0.25, 0.3) is 0 Å². The van der Waals surface area contributed by atoms with Crippen molar-refractivity contribution in [3.63, 3.8) is 0 Å². The molecule has 22 heavy (non-hydrogen) atoms. The van der Waals surface area contributed by atoms with Crippen LogP contribution >= 0.6 is 0 Å². The summed E-state index contributed by atoms with van der Waals surface area (Å²) in [6, 6.07) is 20.5. The van der Waals surface area contributed by atoms with Gasteiger partial charge < -0.3 is 0 Å². The normalized spacial score (nSPS) is 9.91. The standard InChI is InChI=1S/C21H18O/c1-18(22)12-6-5-11-17-21(2,19-13-7-3-8-14-19)20-15-9-4-10-16-20/h3-4,7-10,12-17H,1-2H3. The zero-order valence-electron chi connectivity index (χ0n) is 12.8. The average Bonchev–Trinajstić information content (AvgIpc) is 2.55. The lowest BCUT2D eigenvalue weighted by atomic mass is 9.76. The molecule has 0 saturated heterocycles. The number of carbonyl (C=O) groups is 1. The Morgan fingerprint density at radius 3 is 1.86 bits per heavy atom. The molecule has 2 aromatic carbocycles. The first-order valence-corrected chi connectivity index (χ1v) is 7.18. The summed E-state index contributed by atoms with van der Waals surface area (Å²) in [5.74, 6) is -0.0526. The lowest BCUT2D eigenvalue weighted by molar-refractivity contribution is -0.112. The van der Waals surface area contributed by atoms with E-state index in [1.807, 2.05) is 42.5 Å². The molecule has 0 fully saturated rings. The van der Waals surface area contributed by atoms with Crippen molar-refractivity contribution in [1.29, 1.82) is 0 Å². The van der Waals surface area contributed by atoms with Crippen LogP contribution in [0.5, 0.6) is 0 Å².